The van der Waals surface area contributed by atoms with Crippen LogP contribution in [0.1, 0.15) is 41.8 Å². The van der Waals surface area contributed by atoms with Crippen LogP contribution in [0, 0.1) is 11.3 Å². The molecule has 0 spiro atoms. The number of alkyl halides is 2. The van der Waals surface area contributed by atoms with Crippen LogP contribution in [0.15, 0.2) is 53.7 Å². The Kier molecular flexibility index (Phi) is 7.06. The topological polar surface area (TPSA) is 126 Å². The largest absolute Gasteiger partial charge is 0.497 e. The second-order valence-electron chi connectivity index (χ2n) is 9.86. The molecule has 0 saturated heterocycles. The van der Waals surface area contributed by atoms with Crippen molar-refractivity contribution < 1.29 is 21.9 Å². The quantitative estimate of drug-likeness (QED) is 0.301. The molecule has 212 valence electrons. The lowest BCUT2D eigenvalue weighted by atomic mass is 10.0. The minimum Gasteiger partial charge on any atom is -0.497 e. The Labute approximate surface area is 239 Å². The van der Waals surface area contributed by atoms with Crippen LogP contribution in [0.3, 0.4) is 0 Å². The summed E-state index contributed by atoms with van der Waals surface area (Å²) in [6.45, 7) is 1.31. The van der Waals surface area contributed by atoms with Gasteiger partial charge in [-0.15, -0.1) is 10.2 Å². The first kappa shape index (κ1) is 27.4. The molecule has 0 atom stereocenters. The second-order valence-corrected chi connectivity index (χ2v) is 12.7. The SMILES string of the molecule is COc1ccc(CN(C2(C#N)CC2)S(=O)(=O)c2cc(C3=CCNCC3)c3ncc(-c4nnc(C(F)F)s4)n3c2)cc1. The van der Waals surface area contributed by atoms with Gasteiger partial charge in [-0.25, -0.2) is 22.2 Å². The van der Waals surface area contributed by atoms with Crippen LogP contribution in [-0.2, 0) is 16.6 Å². The lowest BCUT2D eigenvalue weighted by Crippen LogP contribution is -2.41. The molecule has 0 unspecified atom stereocenters. The number of sulfonamides is 1. The third-order valence-electron chi connectivity index (χ3n) is 7.32. The summed E-state index contributed by atoms with van der Waals surface area (Å²) >= 11 is 0.726. The van der Waals surface area contributed by atoms with Crippen LogP contribution < -0.4 is 10.1 Å². The predicted molar refractivity (Wildman–Crippen MR) is 148 cm³/mol. The van der Waals surface area contributed by atoms with E-state index in [1.54, 1.807) is 41.8 Å². The van der Waals surface area contributed by atoms with Gasteiger partial charge in [0.2, 0.25) is 10.0 Å². The molecule has 1 aliphatic heterocycles. The number of nitrogens with one attached hydrogen (secondary N) is 1. The van der Waals surface area contributed by atoms with Crippen molar-refractivity contribution in [1.82, 2.24) is 29.2 Å². The summed E-state index contributed by atoms with van der Waals surface area (Å²) in [6.07, 6.45) is 3.60. The van der Waals surface area contributed by atoms with E-state index < -0.39 is 27.0 Å². The summed E-state index contributed by atoms with van der Waals surface area (Å²) in [5.74, 6) is 0.634. The highest BCUT2D eigenvalue weighted by Gasteiger charge is 2.54. The fraction of sp³-hybridized carbons (Fsp3) is 0.333. The van der Waals surface area contributed by atoms with Crippen LogP contribution in [0.4, 0.5) is 8.78 Å². The van der Waals surface area contributed by atoms with Gasteiger partial charge in [0.1, 0.15) is 22.6 Å². The number of rotatable bonds is 9. The maximum atomic E-state index is 14.4. The number of benzene rings is 1. The molecule has 6 rings (SSSR count). The van der Waals surface area contributed by atoms with Crippen molar-refractivity contribution in [2.75, 3.05) is 20.2 Å². The molecule has 4 aromatic rings. The Morgan fingerprint density at radius 3 is 2.66 bits per heavy atom. The highest BCUT2D eigenvalue weighted by atomic mass is 32.2. The number of nitrogens with zero attached hydrogens (tertiary/aromatic N) is 6. The van der Waals surface area contributed by atoms with Gasteiger partial charge in [0.05, 0.1) is 24.3 Å². The molecule has 1 fully saturated rings. The molecule has 41 heavy (non-hydrogen) atoms. The number of halogens is 2. The smallest absolute Gasteiger partial charge is 0.291 e. The Bertz CT molecular complexity index is 1790. The van der Waals surface area contributed by atoms with E-state index in [-0.39, 0.29) is 16.4 Å². The number of hydrogen-bond acceptors (Lipinski definition) is 9. The minimum absolute atomic E-state index is 0.00912. The number of imidazole rings is 1. The minimum atomic E-state index is -4.22. The number of nitriles is 1. The van der Waals surface area contributed by atoms with Crippen LogP contribution >= 0.6 is 11.3 Å². The third-order valence-corrected chi connectivity index (χ3v) is 10.2. The number of aromatic nitrogens is 4. The van der Waals surface area contributed by atoms with Gasteiger partial charge in [-0.3, -0.25) is 4.40 Å². The van der Waals surface area contributed by atoms with Gasteiger partial charge in [-0.2, -0.15) is 9.57 Å². The highest BCUT2D eigenvalue weighted by Crippen LogP contribution is 2.45. The Balaban J connectivity index is 1.51. The number of methoxy groups -OCH3 is 1. The first-order valence-corrected chi connectivity index (χ1v) is 15.1. The van der Waals surface area contributed by atoms with Crippen LogP contribution in [0.2, 0.25) is 0 Å². The summed E-state index contributed by atoms with van der Waals surface area (Å²) < 4.78 is 63.4. The molecule has 1 aromatic carbocycles. The molecule has 3 aromatic heterocycles. The molecule has 0 radical (unpaired) electrons. The molecule has 2 aliphatic rings. The van der Waals surface area contributed by atoms with E-state index in [4.69, 9.17) is 4.74 Å². The molecular weight excluding hydrogens is 572 g/mol. The molecule has 10 nitrogen and oxygen atoms in total. The normalized spacial score (nSPS) is 16.6. The zero-order valence-electron chi connectivity index (χ0n) is 21.9. The summed E-state index contributed by atoms with van der Waals surface area (Å²) in [4.78, 5) is 4.50. The average molecular weight is 598 g/mol. The number of pyridine rings is 1. The summed E-state index contributed by atoms with van der Waals surface area (Å²) in [5.41, 5.74) is 1.89. The number of fused-ring (bicyclic) bond motifs is 1. The van der Waals surface area contributed by atoms with E-state index in [0.29, 0.717) is 60.6 Å². The Morgan fingerprint density at radius 2 is 2.05 bits per heavy atom. The van der Waals surface area contributed by atoms with Gasteiger partial charge in [0.25, 0.3) is 6.43 Å². The van der Waals surface area contributed by atoms with Crippen LogP contribution in [0.25, 0.3) is 21.9 Å². The van der Waals surface area contributed by atoms with E-state index in [0.717, 1.165) is 16.9 Å². The maximum absolute atomic E-state index is 14.4. The first-order valence-electron chi connectivity index (χ1n) is 12.9. The Morgan fingerprint density at radius 1 is 1.27 bits per heavy atom. The van der Waals surface area contributed by atoms with Gasteiger partial charge in [-0.1, -0.05) is 29.5 Å². The van der Waals surface area contributed by atoms with E-state index >= 15 is 0 Å². The fourth-order valence-electron chi connectivity index (χ4n) is 4.92. The average Bonchev–Trinajstić information content (AvgIpc) is 3.40. The molecule has 0 amide bonds. The molecule has 1 N–H and O–H groups in total. The molecular formula is C27H25F2N7O3S2. The van der Waals surface area contributed by atoms with Gasteiger partial charge in [-0.05, 0) is 55.1 Å². The first-order chi connectivity index (χ1) is 19.8. The summed E-state index contributed by atoms with van der Waals surface area (Å²) in [6, 6.07) is 10.9. The van der Waals surface area contributed by atoms with E-state index in [9.17, 15) is 22.5 Å². The molecule has 1 aliphatic carbocycles. The summed E-state index contributed by atoms with van der Waals surface area (Å²) in [5, 5.41) is 20.6. The standard InChI is InChI=1S/C27H25F2N7O3S2/c1-39-19-4-2-17(3-5-19)14-36(27(16-30)8-9-27)41(37,38)20-12-21(18-6-10-31-11-7-18)24-32-13-22(35(24)15-20)25-33-34-26(40-25)23(28)29/h2-6,12-13,15,23,31H,7-11,14H2,1H3. The maximum Gasteiger partial charge on any atom is 0.291 e. The molecule has 1 saturated carbocycles. The second kappa shape index (κ2) is 10.6. The number of hydrogen-bond donors (Lipinski definition) is 1. The molecule has 0 bridgehead atoms. The lowest BCUT2D eigenvalue weighted by Gasteiger charge is -2.27. The van der Waals surface area contributed by atoms with Crippen molar-refractivity contribution in [2.45, 2.75) is 42.7 Å². The highest BCUT2D eigenvalue weighted by molar-refractivity contribution is 7.89. The Hall–Kier alpha value is -3.77. The van der Waals surface area contributed by atoms with E-state index in [1.165, 1.54) is 16.7 Å². The van der Waals surface area contributed by atoms with Crippen LogP contribution in [-0.4, -0.2) is 58.0 Å². The van der Waals surface area contributed by atoms with Crippen molar-refractivity contribution in [3.63, 3.8) is 0 Å². The van der Waals surface area contributed by atoms with Crippen molar-refractivity contribution in [2.24, 2.45) is 0 Å². The predicted octanol–water partition coefficient (Wildman–Crippen LogP) is 4.42. The zero-order chi connectivity index (χ0) is 28.8. The molecule has 4 heterocycles. The lowest BCUT2D eigenvalue weighted by molar-refractivity contribution is 0.150. The van der Waals surface area contributed by atoms with Crippen molar-refractivity contribution in [3.8, 4) is 22.5 Å². The van der Waals surface area contributed by atoms with Crippen LogP contribution in [0.5, 0.6) is 5.75 Å². The zero-order valence-corrected chi connectivity index (χ0v) is 23.6. The monoisotopic (exact) mass is 597 g/mol. The van der Waals surface area contributed by atoms with Crippen molar-refractivity contribution in [3.05, 3.63) is 64.9 Å². The third kappa shape index (κ3) is 4.99. The fourth-order valence-corrected chi connectivity index (χ4v) is 7.39. The van der Waals surface area contributed by atoms with E-state index in [2.05, 4.69) is 26.6 Å². The van der Waals surface area contributed by atoms with Crippen molar-refractivity contribution in [1.29, 1.82) is 5.26 Å². The molecule has 14 heteroatoms. The van der Waals surface area contributed by atoms with Crippen molar-refractivity contribution >= 4 is 32.6 Å². The van der Waals surface area contributed by atoms with Gasteiger partial charge >= 0.3 is 0 Å². The summed E-state index contributed by atoms with van der Waals surface area (Å²) in [7, 11) is -2.68. The number of ether oxygens (including phenoxy) is 1. The van der Waals surface area contributed by atoms with Gasteiger partial charge < -0.3 is 10.1 Å². The van der Waals surface area contributed by atoms with Gasteiger partial charge in [0.15, 0.2) is 10.0 Å². The van der Waals surface area contributed by atoms with E-state index in [1.807, 2.05) is 6.08 Å². The van der Waals surface area contributed by atoms with Gasteiger partial charge in [0, 0.05) is 24.8 Å².